The van der Waals surface area contributed by atoms with E-state index in [1.807, 2.05) is 31.2 Å². The average Bonchev–Trinajstić information content (AvgIpc) is 3.22. The molecule has 0 saturated carbocycles. The van der Waals surface area contributed by atoms with Crippen molar-refractivity contribution in [1.29, 1.82) is 0 Å². The minimum absolute atomic E-state index is 0.453. The summed E-state index contributed by atoms with van der Waals surface area (Å²) in [7, 11) is 0. The number of aromatic nitrogens is 8. The maximum atomic E-state index is 4.64. The van der Waals surface area contributed by atoms with Crippen LogP contribution in [0.1, 0.15) is 17.5 Å². The number of H-pyrrole nitrogens is 1. The van der Waals surface area contributed by atoms with Gasteiger partial charge in [0.2, 0.25) is 5.82 Å². The number of hydrogen-bond donors (Lipinski definition) is 1. The van der Waals surface area contributed by atoms with Crippen LogP contribution in [0.5, 0.6) is 0 Å². The van der Waals surface area contributed by atoms with Crippen LogP contribution in [0.25, 0.3) is 17.2 Å². The zero-order chi connectivity index (χ0) is 17.2. The number of nitrogens with zero attached hydrogens (tertiary/aromatic N) is 7. The maximum Gasteiger partial charge on any atom is 0.200 e. The summed E-state index contributed by atoms with van der Waals surface area (Å²) in [6, 6.07) is 9.64. The van der Waals surface area contributed by atoms with Crippen LogP contribution >= 0.6 is 15.9 Å². The fourth-order valence-corrected chi connectivity index (χ4v) is 2.80. The summed E-state index contributed by atoms with van der Waals surface area (Å²) in [6.45, 7) is 1.86. The summed E-state index contributed by atoms with van der Waals surface area (Å²) >= 11 is 3.49. The van der Waals surface area contributed by atoms with Gasteiger partial charge < -0.3 is 0 Å². The fraction of sp³-hybridized carbons (Fsp3) is 0.125. The fourth-order valence-electron chi connectivity index (χ4n) is 2.41. The molecule has 0 fully saturated rings. The molecule has 1 aromatic carbocycles. The standard InChI is InChI=1S/C16H13BrN8/c1-10-20-14(23-22-10)8-15-21-16(13-5-6-18-9-19-13)24-25(15)12-4-2-3-11(17)7-12/h2-7,9H,8H2,1H3,(H,20,22,23). The lowest BCUT2D eigenvalue weighted by Gasteiger charge is -2.04. The van der Waals surface area contributed by atoms with Gasteiger partial charge in [-0.2, -0.15) is 5.10 Å². The Bertz CT molecular complexity index is 1010. The van der Waals surface area contributed by atoms with Crippen molar-refractivity contribution in [3.8, 4) is 17.2 Å². The van der Waals surface area contributed by atoms with Crippen LogP contribution in [0.3, 0.4) is 0 Å². The van der Waals surface area contributed by atoms with E-state index in [0.717, 1.165) is 21.8 Å². The molecule has 0 spiro atoms. The Morgan fingerprint density at radius 1 is 1.20 bits per heavy atom. The van der Waals surface area contributed by atoms with Crippen molar-refractivity contribution in [1.82, 2.24) is 39.9 Å². The summed E-state index contributed by atoms with van der Waals surface area (Å²) in [4.78, 5) is 17.2. The van der Waals surface area contributed by atoms with Gasteiger partial charge in [0, 0.05) is 10.7 Å². The Balaban J connectivity index is 1.81. The second-order valence-electron chi connectivity index (χ2n) is 5.35. The van der Waals surface area contributed by atoms with Crippen LogP contribution in [0.2, 0.25) is 0 Å². The van der Waals surface area contributed by atoms with E-state index in [1.165, 1.54) is 6.33 Å². The van der Waals surface area contributed by atoms with Crippen LogP contribution in [0.4, 0.5) is 0 Å². The number of aromatic amines is 1. The molecule has 8 nitrogen and oxygen atoms in total. The number of rotatable bonds is 4. The van der Waals surface area contributed by atoms with E-state index in [0.29, 0.717) is 23.8 Å². The van der Waals surface area contributed by atoms with Crippen molar-refractivity contribution in [3.63, 3.8) is 0 Å². The smallest absolute Gasteiger partial charge is 0.200 e. The second-order valence-corrected chi connectivity index (χ2v) is 6.27. The third-order valence-corrected chi connectivity index (χ3v) is 3.99. The molecule has 25 heavy (non-hydrogen) atoms. The first-order chi connectivity index (χ1) is 12.2. The summed E-state index contributed by atoms with van der Waals surface area (Å²) < 4.78 is 2.75. The van der Waals surface area contributed by atoms with Gasteiger partial charge in [0.25, 0.3) is 0 Å². The molecule has 3 heterocycles. The first-order valence-electron chi connectivity index (χ1n) is 7.55. The number of benzene rings is 1. The summed E-state index contributed by atoms with van der Waals surface area (Å²) in [5.74, 6) is 2.69. The van der Waals surface area contributed by atoms with E-state index in [9.17, 15) is 0 Å². The SMILES string of the molecule is Cc1nc(Cc2nc(-c3ccncn3)nn2-c2cccc(Br)c2)n[nH]1. The molecule has 0 saturated heterocycles. The minimum atomic E-state index is 0.453. The molecule has 0 aliphatic rings. The molecule has 4 aromatic rings. The minimum Gasteiger partial charge on any atom is -0.263 e. The molecular weight excluding hydrogens is 384 g/mol. The molecule has 4 rings (SSSR count). The van der Waals surface area contributed by atoms with Crippen LogP contribution in [0, 0.1) is 6.92 Å². The van der Waals surface area contributed by atoms with E-state index in [2.05, 4.69) is 51.2 Å². The highest BCUT2D eigenvalue weighted by Crippen LogP contribution is 2.20. The zero-order valence-electron chi connectivity index (χ0n) is 13.3. The topological polar surface area (TPSA) is 98.1 Å². The van der Waals surface area contributed by atoms with Crippen LogP contribution in [0.15, 0.2) is 47.3 Å². The Morgan fingerprint density at radius 3 is 2.84 bits per heavy atom. The van der Waals surface area contributed by atoms with Crippen molar-refractivity contribution >= 4 is 15.9 Å². The van der Waals surface area contributed by atoms with Crippen LogP contribution < -0.4 is 0 Å². The summed E-state index contributed by atoms with van der Waals surface area (Å²) in [6.07, 6.45) is 3.60. The van der Waals surface area contributed by atoms with Gasteiger partial charge in [0.05, 0.1) is 12.1 Å². The normalized spacial score (nSPS) is 11.0. The van der Waals surface area contributed by atoms with Crippen molar-refractivity contribution < 1.29 is 0 Å². The Labute approximate surface area is 151 Å². The molecule has 0 aliphatic heterocycles. The highest BCUT2D eigenvalue weighted by atomic mass is 79.9. The van der Waals surface area contributed by atoms with Gasteiger partial charge in [-0.25, -0.2) is 24.6 Å². The number of halogens is 1. The van der Waals surface area contributed by atoms with Gasteiger partial charge in [-0.05, 0) is 31.2 Å². The monoisotopic (exact) mass is 396 g/mol. The Hall–Kier alpha value is -2.94. The van der Waals surface area contributed by atoms with Gasteiger partial charge in [0.15, 0.2) is 5.82 Å². The first kappa shape index (κ1) is 15.6. The van der Waals surface area contributed by atoms with Crippen molar-refractivity contribution in [2.24, 2.45) is 0 Å². The Kier molecular flexibility index (Phi) is 4.06. The summed E-state index contributed by atoms with van der Waals surface area (Å²) in [5.41, 5.74) is 1.56. The van der Waals surface area contributed by atoms with E-state index in [1.54, 1.807) is 16.9 Å². The largest absolute Gasteiger partial charge is 0.263 e. The van der Waals surface area contributed by atoms with E-state index in [-0.39, 0.29) is 0 Å². The lowest BCUT2D eigenvalue weighted by atomic mass is 10.3. The summed E-state index contributed by atoms with van der Waals surface area (Å²) in [5, 5.41) is 11.7. The zero-order valence-corrected chi connectivity index (χ0v) is 14.8. The van der Waals surface area contributed by atoms with E-state index >= 15 is 0 Å². The molecule has 0 unspecified atom stereocenters. The second kappa shape index (κ2) is 6.52. The molecule has 0 radical (unpaired) electrons. The molecule has 3 aromatic heterocycles. The lowest BCUT2D eigenvalue weighted by molar-refractivity contribution is 0.793. The van der Waals surface area contributed by atoms with E-state index in [4.69, 9.17) is 0 Å². The molecule has 1 N–H and O–H groups in total. The Morgan fingerprint density at radius 2 is 2.12 bits per heavy atom. The predicted octanol–water partition coefficient (Wildman–Crippen LogP) is 2.50. The quantitative estimate of drug-likeness (QED) is 0.568. The maximum absolute atomic E-state index is 4.64. The number of aryl methyl sites for hydroxylation is 1. The molecule has 0 amide bonds. The van der Waals surface area contributed by atoms with Crippen molar-refractivity contribution in [2.75, 3.05) is 0 Å². The highest BCUT2D eigenvalue weighted by molar-refractivity contribution is 9.10. The highest BCUT2D eigenvalue weighted by Gasteiger charge is 2.16. The lowest BCUT2D eigenvalue weighted by Crippen LogP contribution is -2.05. The van der Waals surface area contributed by atoms with Gasteiger partial charge in [-0.3, -0.25) is 5.10 Å². The number of nitrogens with one attached hydrogen (secondary N) is 1. The number of hydrogen-bond acceptors (Lipinski definition) is 6. The van der Waals surface area contributed by atoms with Gasteiger partial charge in [-0.15, -0.1) is 5.10 Å². The average molecular weight is 397 g/mol. The predicted molar refractivity (Wildman–Crippen MR) is 94.0 cm³/mol. The van der Waals surface area contributed by atoms with Crippen LogP contribution in [-0.4, -0.2) is 39.9 Å². The molecule has 0 atom stereocenters. The van der Waals surface area contributed by atoms with Crippen molar-refractivity contribution in [2.45, 2.75) is 13.3 Å². The van der Waals surface area contributed by atoms with Crippen LogP contribution in [-0.2, 0) is 6.42 Å². The molecule has 9 heteroatoms. The third kappa shape index (κ3) is 3.31. The molecular formula is C16H13BrN8. The molecule has 0 aliphatic carbocycles. The van der Waals surface area contributed by atoms with Gasteiger partial charge in [0.1, 0.15) is 23.7 Å². The molecule has 0 bridgehead atoms. The van der Waals surface area contributed by atoms with Crippen molar-refractivity contribution in [3.05, 3.63) is 64.8 Å². The van der Waals surface area contributed by atoms with Gasteiger partial charge >= 0.3 is 0 Å². The van der Waals surface area contributed by atoms with Gasteiger partial charge in [-0.1, -0.05) is 22.0 Å². The van der Waals surface area contributed by atoms with E-state index < -0.39 is 0 Å². The first-order valence-corrected chi connectivity index (χ1v) is 8.34. The third-order valence-electron chi connectivity index (χ3n) is 3.50. The molecule has 124 valence electrons.